The van der Waals surface area contributed by atoms with E-state index in [1.165, 1.54) is 4.68 Å². The normalized spacial score (nSPS) is 12.6. The van der Waals surface area contributed by atoms with Crippen LogP contribution in [0.2, 0.25) is 0 Å². The number of hydrogen-bond acceptors (Lipinski definition) is 3. The number of rotatable bonds is 0. The minimum absolute atomic E-state index is 0.149. The first-order chi connectivity index (χ1) is 9.66. The second-order valence-electron chi connectivity index (χ2n) is 4.50. The van der Waals surface area contributed by atoms with Crippen LogP contribution in [0.25, 0.3) is 16.7 Å². The van der Waals surface area contributed by atoms with Crippen molar-refractivity contribution in [3.63, 3.8) is 0 Å². The molecule has 0 bridgehead atoms. The van der Waals surface area contributed by atoms with Crippen molar-refractivity contribution in [2.45, 2.75) is 0 Å². The van der Waals surface area contributed by atoms with E-state index in [2.05, 4.69) is 20.9 Å². The van der Waals surface area contributed by atoms with E-state index in [-0.39, 0.29) is 11.6 Å². The highest BCUT2D eigenvalue weighted by molar-refractivity contribution is 9.10. The van der Waals surface area contributed by atoms with E-state index in [1.807, 2.05) is 0 Å². The lowest BCUT2D eigenvalue weighted by molar-refractivity contribution is -0.559. The number of hydrogen-bond donors (Lipinski definition) is 0. The third-order valence-electron chi connectivity index (χ3n) is 3.33. The fourth-order valence-electron chi connectivity index (χ4n) is 2.43. The molecule has 6 heteroatoms. The summed E-state index contributed by atoms with van der Waals surface area (Å²) in [6, 6.07) is 12.2. The molecule has 0 radical (unpaired) electrons. The summed E-state index contributed by atoms with van der Waals surface area (Å²) in [6.45, 7) is 0. The summed E-state index contributed by atoms with van der Waals surface area (Å²) in [5, 5.41) is 0. The van der Waals surface area contributed by atoms with Crippen LogP contribution in [-0.4, -0.2) is 15.4 Å². The van der Waals surface area contributed by atoms with Gasteiger partial charge in [0.2, 0.25) is 11.6 Å². The second kappa shape index (κ2) is 3.83. The van der Waals surface area contributed by atoms with Crippen molar-refractivity contribution in [3.05, 3.63) is 63.2 Å². The fraction of sp³-hybridized carbons (Fsp3) is 0. The lowest BCUT2D eigenvalue weighted by Gasteiger charge is -1.97. The van der Waals surface area contributed by atoms with E-state index < -0.39 is 0 Å². The molecule has 2 heterocycles. The van der Waals surface area contributed by atoms with E-state index in [9.17, 15) is 9.70 Å². The van der Waals surface area contributed by atoms with Gasteiger partial charge < -0.3 is 0 Å². The number of aromatic nitrogens is 3. The highest BCUT2D eigenvalue weighted by atomic mass is 79.9. The highest BCUT2D eigenvalue weighted by Gasteiger charge is 2.35. The van der Waals surface area contributed by atoms with Crippen molar-refractivity contribution in [3.8, 4) is 5.69 Å². The molecule has 0 fully saturated rings. The van der Waals surface area contributed by atoms with Gasteiger partial charge in [0, 0.05) is 10.5 Å². The quantitative estimate of drug-likeness (QED) is 0.465. The summed E-state index contributed by atoms with van der Waals surface area (Å²) in [4.78, 5) is 29.2. The van der Waals surface area contributed by atoms with Crippen molar-refractivity contribution >= 4 is 32.7 Å². The first-order valence-corrected chi connectivity index (χ1v) is 6.75. The van der Waals surface area contributed by atoms with Crippen LogP contribution in [0.3, 0.4) is 0 Å². The molecule has 96 valence electrons. The van der Waals surface area contributed by atoms with Crippen molar-refractivity contribution in [1.29, 1.82) is 0 Å². The molecule has 2 aromatic carbocycles. The lowest BCUT2D eigenvalue weighted by Crippen LogP contribution is -2.32. The van der Waals surface area contributed by atoms with Gasteiger partial charge in [-0.15, -0.1) is 0 Å². The van der Waals surface area contributed by atoms with E-state index in [4.69, 9.17) is 0 Å². The monoisotopic (exact) mass is 328 g/mol. The first-order valence-electron chi connectivity index (χ1n) is 5.96. The second-order valence-corrected chi connectivity index (χ2v) is 5.42. The van der Waals surface area contributed by atoms with Gasteiger partial charge in [0.1, 0.15) is 11.2 Å². The number of para-hydroxylation sites is 1. The maximum absolute atomic E-state index is 12.5. The molecule has 20 heavy (non-hydrogen) atoms. The predicted octanol–water partition coefficient (Wildman–Crippen LogP) is 2.25. The summed E-state index contributed by atoms with van der Waals surface area (Å²) in [5.74, 6) is -0.0777. The Morgan fingerprint density at radius 2 is 1.95 bits per heavy atom. The number of halogens is 1. The third-order valence-corrected chi connectivity index (χ3v) is 3.83. The van der Waals surface area contributed by atoms with Crippen molar-refractivity contribution < 1.29 is 9.34 Å². The van der Waals surface area contributed by atoms with Crippen molar-refractivity contribution in [2.24, 2.45) is 0 Å². The maximum atomic E-state index is 12.5. The molecule has 1 aliphatic rings. The minimum atomic E-state index is -0.227. The van der Waals surface area contributed by atoms with Gasteiger partial charge in [-0.05, 0) is 28.9 Å². The Kier molecular flexibility index (Phi) is 2.20. The molecule has 0 saturated heterocycles. The van der Waals surface area contributed by atoms with E-state index in [0.717, 1.165) is 4.47 Å². The van der Waals surface area contributed by atoms with Gasteiger partial charge in [0.05, 0.1) is 10.5 Å². The molecule has 1 aliphatic heterocycles. The predicted molar refractivity (Wildman–Crippen MR) is 75.6 cm³/mol. The summed E-state index contributed by atoms with van der Waals surface area (Å²) in [5.41, 5.74) is 1.97. The Hall–Kier alpha value is -2.34. The van der Waals surface area contributed by atoms with Crippen LogP contribution in [0.5, 0.6) is 0 Å². The first kappa shape index (κ1) is 11.5. The van der Waals surface area contributed by atoms with Gasteiger partial charge in [0.15, 0.2) is 4.54 Å². The average Bonchev–Trinajstić information content (AvgIpc) is 2.74. The standard InChI is InChI=1S/C14H7BrN3O2/c15-8-5-6-10-12(7-8)18(20)17-11-4-2-1-3-9(11)13(19)14(17)16-10/h1-7H/q+1. The molecular weight excluding hydrogens is 322 g/mol. The molecule has 3 aromatic rings. The Bertz CT molecular complexity index is 962. The SMILES string of the molecule is O=C1c2ccccc2-n2c1nc1ccc(Br)cc1[n+]2=O. The van der Waals surface area contributed by atoms with Crippen LogP contribution >= 0.6 is 15.9 Å². The number of ketones is 1. The van der Waals surface area contributed by atoms with Crippen LogP contribution in [0.4, 0.5) is 0 Å². The van der Waals surface area contributed by atoms with Crippen LogP contribution in [-0.2, 0) is 0 Å². The number of benzene rings is 2. The lowest BCUT2D eigenvalue weighted by atomic mass is 10.1. The van der Waals surface area contributed by atoms with Gasteiger partial charge in [-0.3, -0.25) is 4.79 Å². The van der Waals surface area contributed by atoms with E-state index >= 15 is 0 Å². The van der Waals surface area contributed by atoms with Crippen molar-refractivity contribution in [2.75, 3.05) is 0 Å². The number of fused-ring (bicyclic) bond motifs is 4. The largest absolute Gasteiger partial charge is 0.319 e. The Balaban J connectivity index is 2.21. The third kappa shape index (κ3) is 1.36. The average molecular weight is 329 g/mol. The molecule has 0 unspecified atom stereocenters. The summed E-state index contributed by atoms with van der Waals surface area (Å²) < 4.78 is 2.81. The smallest absolute Gasteiger partial charge is 0.285 e. The molecule has 0 aliphatic carbocycles. The molecule has 0 amide bonds. The minimum Gasteiger partial charge on any atom is -0.285 e. The highest BCUT2D eigenvalue weighted by Crippen LogP contribution is 2.25. The Morgan fingerprint density at radius 3 is 2.80 bits per heavy atom. The van der Waals surface area contributed by atoms with Gasteiger partial charge >= 0.3 is 5.52 Å². The van der Waals surface area contributed by atoms with Crippen LogP contribution in [0.1, 0.15) is 16.2 Å². The molecule has 1 aromatic heterocycles. The zero-order chi connectivity index (χ0) is 13.9. The van der Waals surface area contributed by atoms with Gasteiger partial charge in [-0.25, -0.2) is 4.98 Å². The fourth-order valence-corrected chi connectivity index (χ4v) is 2.78. The van der Waals surface area contributed by atoms with Gasteiger partial charge in [0.25, 0.3) is 0 Å². The molecule has 0 saturated carbocycles. The summed E-state index contributed by atoms with van der Waals surface area (Å²) in [7, 11) is 0. The van der Waals surface area contributed by atoms with Crippen LogP contribution in [0, 0.1) is 4.91 Å². The Morgan fingerprint density at radius 1 is 1.15 bits per heavy atom. The number of carbonyl (C=O) groups is 1. The molecule has 0 N–H and O–H groups in total. The zero-order valence-electron chi connectivity index (χ0n) is 10.1. The number of nitrogens with zero attached hydrogens (tertiary/aromatic N) is 3. The molecular formula is C14H7BrN3O2+. The summed E-state index contributed by atoms with van der Waals surface area (Å²) >= 11 is 3.33. The van der Waals surface area contributed by atoms with Crippen LogP contribution < -0.4 is 4.54 Å². The summed E-state index contributed by atoms with van der Waals surface area (Å²) in [6.07, 6.45) is 0. The van der Waals surface area contributed by atoms with Gasteiger partial charge in [-0.2, -0.15) is 0 Å². The zero-order valence-corrected chi connectivity index (χ0v) is 11.7. The Labute approximate surface area is 121 Å². The molecule has 4 rings (SSSR count). The van der Waals surface area contributed by atoms with E-state index in [0.29, 0.717) is 26.8 Å². The maximum Gasteiger partial charge on any atom is 0.319 e. The topological polar surface area (TPSA) is 57.9 Å². The molecule has 5 nitrogen and oxygen atoms in total. The van der Waals surface area contributed by atoms with Crippen LogP contribution in [0.15, 0.2) is 46.9 Å². The molecule has 0 spiro atoms. The van der Waals surface area contributed by atoms with E-state index in [1.54, 1.807) is 42.5 Å². The molecule has 0 atom stereocenters. The number of carbonyl (C=O) groups excluding carboxylic acids is 1. The van der Waals surface area contributed by atoms with Gasteiger partial charge in [-0.1, -0.05) is 28.1 Å². The van der Waals surface area contributed by atoms with Crippen molar-refractivity contribution in [1.82, 2.24) is 9.67 Å².